The van der Waals surface area contributed by atoms with Gasteiger partial charge >= 0.3 is 6.03 Å². The largest absolute Gasteiger partial charge is 0.352 e. The molecule has 1 fully saturated rings. The molecule has 1 aromatic carbocycles. The van der Waals surface area contributed by atoms with Crippen molar-refractivity contribution in [2.75, 3.05) is 10.6 Å². The summed E-state index contributed by atoms with van der Waals surface area (Å²) >= 11 is 0. The Kier molecular flexibility index (Phi) is 5.06. The van der Waals surface area contributed by atoms with E-state index in [0.29, 0.717) is 11.4 Å². The summed E-state index contributed by atoms with van der Waals surface area (Å²) in [6.45, 7) is 3.65. The number of hydrogen-bond acceptors (Lipinski definition) is 3. The quantitative estimate of drug-likeness (QED) is 0.770. The molecule has 0 bridgehead atoms. The van der Waals surface area contributed by atoms with Gasteiger partial charge in [-0.3, -0.25) is 9.59 Å². The fraction of sp³-hybridized carbons (Fsp3) is 0.316. The molecule has 1 aliphatic rings. The van der Waals surface area contributed by atoms with E-state index in [2.05, 4.69) is 16.0 Å². The Morgan fingerprint density at radius 3 is 2.38 bits per heavy atom. The minimum Gasteiger partial charge on any atom is -0.352 e. The van der Waals surface area contributed by atoms with E-state index >= 15 is 0 Å². The fourth-order valence-corrected chi connectivity index (χ4v) is 2.53. The predicted octanol–water partition coefficient (Wildman–Crippen LogP) is 2.39. The lowest BCUT2D eigenvalue weighted by Gasteiger charge is -2.13. The molecule has 3 rings (SSSR count). The van der Waals surface area contributed by atoms with Gasteiger partial charge in [-0.2, -0.15) is 0 Å². The summed E-state index contributed by atoms with van der Waals surface area (Å²) in [7, 11) is 0. The van der Waals surface area contributed by atoms with Crippen LogP contribution in [0.4, 0.5) is 16.2 Å². The van der Waals surface area contributed by atoms with Crippen LogP contribution >= 0.6 is 0 Å². The van der Waals surface area contributed by atoms with Crippen LogP contribution in [0.1, 0.15) is 24.1 Å². The van der Waals surface area contributed by atoms with Gasteiger partial charge in [0.15, 0.2) is 0 Å². The first-order valence-electron chi connectivity index (χ1n) is 8.57. The number of nitrogens with one attached hydrogen (secondary N) is 3. The van der Waals surface area contributed by atoms with Crippen LogP contribution in [0.25, 0.3) is 0 Å². The van der Waals surface area contributed by atoms with E-state index in [4.69, 9.17) is 0 Å². The number of rotatable bonds is 5. The molecule has 0 spiro atoms. The van der Waals surface area contributed by atoms with E-state index < -0.39 is 11.6 Å². The van der Waals surface area contributed by atoms with E-state index in [1.54, 1.807) is 31.2 Å². The Morgan fingerprint density at radius 2 is 1.73 bits per heavy atom. The molecule has 1 aliphatic carbocycles. The molecule has 1 saturated carbocycles. The summed E-state index contributed by atoms with van der Waals surface area (Å²) in [4.78, 5) is 36.7. The summed E-state index contributed by atoms with van der Waals surface area (Å²) in [5, 5.41) is 8.08. The molecule has 3 amide bonds. The number of urea groups is 1. The van der Waals surface area contributed by atoms with Gasteiger partial charge in [-0.05, 0) is 51.0 Å². The van der Waals surface area contributed by atoms with Crippen molar-refractivity contribution in [3.05, 3.63) is 58.0 Å². The van der Waals surface area contributed by atoms with Gasteiger partial charge in [-0.15, -0.1) is 0 Å². The monoisotopic (exact) mass is 354 g/mol. The minimum atomic E-state index is -0.510. The number of pyridine rings is 1. The Hall–Kier alpha value is -3.09. The van der Waals surface area contributed by atoms with Crippen LogP contribution in [0.3, 0.4) is 0 Å². The summed E-state index contributed by atoms with van der Waals surface area (Å²) in [6, 6.07) is 10.3. The van der Waals surface area contributed by atoms with Gasteiger partial charge in [0.25, 0.3) is 5.56 Å². The highest BCUT2D eigenvalue weighted by Gasteiger charge is 2.23. The van der Waals surface area contributed by atoms with E-state index in [1.807, 2.05) is 19.1 Å². The number of hydrogen-bond donors (Lipinski definition) is 3. The summed E-state index contributed by atoms with van der Waals surface area (Å²) < 4.78 is 1.36. The van der Waals surface area contributed by atoms with Gasteiger partial charge in [0, 0.05) is 17.4 Å². The van der Waals surface area contributed by atoms with E-state index in [1.165, 1.54) is 4.57 Å². The molecular formula is C19H22N4O3. The lowest BCUT2D eigenvalue weighted by molar-refractivity contribution is -0.121. The maximum absolute atomic E-state index is 12.6. The lowest BCUT2D eigenvalue weighted by Crippen LogP contribution is -2.35. The van der Waals surface area contributed by atoms with E-state index in [9.17, 15) is 14.4 Å². The Bertz CT molecular complexity index is 883. The topological polar surface area (TPSA) is 92.2 Å². The van der Waals surface area contributed by atoms with Gasteiger partial charge in [0.2, 0.25) is 5.91 Å². The highest BCUT2D eigenvalue weighted by Crippen LogP contribution is 2.18. The first kappa shape index (κ1) is 17.7. The molecule has 3 N–H and O–H groups in total. The zero-order valence-electron chi connectivity index (χ0n) is 14.8. The van der Waals surface area contributed by atoms with Crippen molar-refractivity contribution in [2.45, 2.75) is 39.3 Å². The number of amides is 3. The molecule has 0 aliphatic heterocycles. The average Bonchev–Trinajstić information content (AvgIpc) is 3.40. The average molecular weight is 354 g/mol. The number of aryl methyl sites for hydroxylation is 2. The third kappa shape index (κ3) is 4.50. The number of benzene rings is 1. The van der Waals surface area contributed by atoms with Crippen molar-refractivity contribution in [1.29, 1.82) is 0 Å². The second-order valence-electron chi connectivity index (χ2n) is 6.57. The predicted molar refractivity (Wildman–Crippen MR) is 100 cm³/mol. The third-order valence-electron chi connectivity index (χ3n) is 4.19. The Labute approximate surface area is 151 Å². The van der Waals surface area contributed by atoms with Crippen LogP contribution < -0.4 is 21.5 Å². The molecule has 7 heteroatoms. The number of nitrogens with zero attached hydrogens (tertiary/aromatic N) is 1. The van der Waals surface area contributed by atoms with Crippen molar-refractivity contribution < 1.29 is 9.59 Å². The van der Waals surface area contributed by atoms with Crippen LogP contribution in [0.15, 0.2) is 41.2 Å². The summed E-state index contributed by atoms with van der Waals surface area (Å²) in [5.74, 6) is -0.195. The number of aromatic nitrogens is 1. The van der Waals surface area contributed by atoms with Gasteiger partial charge in [0.05, 0.1) is 0 Å². The van der Waals surface area contributed by atoms with Crippen LogP contribution in [-0.4, -0.2) is 22.5 Å². The van der Waals surface area contributed by atoms with E-state index in [-0.39, 0.29) is 24.2 Å². The van der Waals surface area contributed by atoms with Crippen LogP contribution in [0, 0.1) is 13.8 Å². The van der Waals surface area contributed by atoms with Crippen LogP contribution in [-0.2, 0) is 11.3 Å². The SMILES string of the molecule is Cc1ccc(NC(=O)Nc2ccc(C)n(CC(=O)NC3CC3)c2=O)cc1. The molecule has 7 nitrogen and oxygen atoms in total. The van der Waals surface area contributed by atoms with Crippen molar-refractivity contribution in [2.24, 2.45) is 0 Å². The molecule has 1 aromatic heterocycles. The second kappa shape index (κ2) is 7.43. The molecule has 26 heavy (non-hydrogen) atoms. The van der Waals surface area contributed by atoms with E-state index in [0.717, 1.165) is 18.4 Å². The molecular weight excluding hydrogens is 332 g/mol. The van der Waals surface area contributed by atoms with Crippen LogP contribution in [0.2, 0.25) is 0 Å². The lowest BCUT2D eigenvalue weighted by atomic mass is 10.2. The van der Waals surface area contributed by atoms with Crippen molar-refractivity contribution in [3.8, 4) is 0 Å². The second-order valence-corrected chi connectivity index (χ2v) is 6.57. The standard InChI is InChI=1S/C19H22N4O3/c1-12-3-6-15(7-4-12)21-19(26)22-16-10-5-13(2)23(18(16)25)11-17(24)20-14-8-9-14/h3-7,10,14H,8-9,11H2,1-2H3,(H,20,24)(H2,21,22,26). The summed E-state index contributed by atoms with van der Waals surface area (Å²) in [6.07, 6.45) is 1.97. The van der Waals surface area contributed by atoms with Gasteiger partial charge in [-0.25, -0.2) is 4.79 Å². The van der Waals surface area contributed by atoms with Crippen molar-refractivity contribution >= 4 is 23.3 Å². The molecule has 0 atom stereocenters. The first-order chi connectivity index (χ1) is 12.4. The third-order valence-corrected chi connectivity index (χ3v) is 4.19. The molecule has 1 heterocycles. The van der Waals surface area contributed by atoms with Gasteiger partial charge < -0.3 is 20.5 Å². The maximum atomic E-state index is 12.6. The Morgan fingerprint density at radius 1 is 1.04 bits per heavy atom. The van der Waals surface area contributed by atoms with Crippen molar-refractivity contribution in [3.63, 3.8) is 0 Å². The smallest absolute Gasteiger partial charge is 0.323 e. The summed E-state index contributed by atoms with van der Waals surface area (Å²) in [5.41, 5.74) is 2.09. The first-order valence-corrected chi connectivity index (χ1v) is 8.57. The zero-order chi connectivity index (χ0) is 18.7. The van der Waals surface area contributed by atoms with Gasteiger partial charge in [-0.1, -0.05) is 17.7 Å². The van der Waals surface area contributed by atoms with Gasteiger partial charge in [0.1, 0.15) is 12.2 Å². The molecule has 2 aromatic rings. The number of carbonyl (C=O) groups is 2. The Balaban J connectivity index is 1.69. The molecule has 0 saturated heterocycles. The highest BCUT2D eigenvalue weighted by molar-refractivity contribution is 5.99. The minimum absolute atomic E-state index is 0.0593. The number of carbonyl (C=O) groups excluding carboxylic acids is 2. The van der Waals surface area contributed by atoms with Crippen LogP contribution in [0.5, 0.6) is 0 Å². The zero-order valence-corrected chi connectivity index (χ0v) is 14.8. The normalized spacial score (nSPS) is 13.2. The molecule has 136 valence electrons. The number of anilines is 2. The highest BCUT2D eigenvalue weighted by atomic mass is 16.2. The maximum Gasteiger partial charge on any atom is 0.323 e. The van der Waals surface area contributed by atoms with Crippen molar-refractivity contribution in [1.82, 2.24) is 9.88 Å². The fourth-order valence-electron chi connectivity index (χ4n) is 2.53. The molecule has 0 unspecified atom stereocenters. The molecule has 0 radical (unpaired) electrons.